The number of carbonyl (C=O) groups is 1. The lowest BCUT2D eigenvalue weighted by atomic mass is 10.2. The third-order valence-corrected chi connectivity index (χ3v) is 2.14. The van der Waals surface area contributed by atoms with Crippen LogP contribution in [0.3, 0.4) is 0 Å². The molecule has 0 bridgehead atoms. The molecule has 3 heteroatoms. The maximum Gasteiger partial charge on any atom is 0.180 e. The van der Waals surface area contributed by atoms with Crippen molar-refractivity contribution < 1.29 is 9.53 Å². The highest BCUT2D eigenvalue weighted by molar-refractivity contribution is 5.93. The Morgan fingerprint density at radius 3 is 2.75 bits per heavy atom. The molecule has 0 aliphatic heterocycles. The van der Waals surface area contributed by atoms with Gasteiger partial charge in [-0.3, -0.25) is 4.79 Å². The Bertz CT molecular complexity index is 368. The first-order chi connectivity index (χ1) is 7.63. The van der Waals surface area contributed by atoms with E-state index in [-0.39, 0.29) is 5.78 Å². The van der Waals surface area contributed by atoms with Crippen LogP contribution >= 0.6 is 0 Å². The molecule has 1 heterocycles. The Labute approximate surface area is 96.2 Å². The van der Waals surface area contributed by atoms with Gasteiger partial charge < -0.3 is 4.74 Å². The molecule has 0 atom stereocenters. The minimum Gasteiger partial charge on any atom is -0.492 e. The van der Waals surface area contributed by atoms with Crippen molar-refractivity contribution in [3.63, 3.8) is 0 Å². The third-order valence-electron chi connectivity index (χ3n) is 2.14. The molecule has 0 aliphatic carbocycles. The summed E-state index contributed by atoms with van der Waals surface area (Å²) in [6.45, 7) is 8.17. The van der Waals surface area contributed by atoms with E-state index in [1.165, 1.54) is 0 Å². The van der Waals surface area contributed by atoms with Crippen molar-refractivity contribution in [1.82, 2.24) is 4.98 Å². The zero-order valence-corrected chi connectivity index (χ0v) is 9.82. The molecule has 0 spiro atoms. The highest BCUT2D eigenvalue weighted by atomic mass is 16.5. The molecule has 0 unspecified atom stereocenters. The molecule has 0 saturated carbocycles. The average molecular weight is 219 g/mol. The molecule has 0 aliphatic rings. The van der Waals surface area contributed by atoms with Gasteiger partial charge in [-0.1, -0.05) is 12.5 Å². The molecular weight excluding hydrogens is 202 g/mol. The van der Waals surface area contributed by atoms with Crippen LogP contribution in [-0.4, -0.2) is 17.4 Å². The molecule has 1 aromatic rings. The monoisotopic (exact) mass is 219 g/mol. The lowest BCUT2D eigenvalue weighted by molar-refractivity contribution is 0.0983. The lowest BCUT2D eigenvalue weighted by Gasteiger charge is -2.05. The Morgan fingerprint density at radius 2 is 2.25 bits per heavy atom. The summed E-state index contributed by atoms with van der Waals surface area (Å²) in [6.07, 6.45) is 2.89. The SMILES string of the molecule is C=C(C)CCOc1ccc(C(=O)CC)nc1. The van der Waals surface area contributed by atoms with E-state index in [1.54, 1.807) is 18.3 Å². The number of ketones is 1. The van der Waals surface area contributed by atoms with Crippen molar-refractivity contribution in [3.05, 3.63) is 36.2 Å². The van der Waals surface area contributed by atoms with E-state index in [1.807, 2.05) is 13.8 Å². The second-order valence-corrected chi connectivity index (χ2v) is 3.71. The number of ether oxygens (including phenoxy) is 1. The molecule has 0 radical (unpaired) electrons. The highest BCUT2D eigenvalue weighted by Crippen LogP contribution is 2.11. The molecule has 0 saturated heterocycles. The van der Waals surface area contributed by atoms with Crippen LogP contribution in [0.1, 0.15) is 37.2 Å². The van der Waals surface area contributed by atoms with Crippen LogP contribution in [0.5, 0.6) is 5.75 Å². The predicted octanol–water partition coefficient (Wildman–Crippen LogP) is 3.02. The fraction of sp³-hybridized carbons (Fsp3) is 0.385. The lowest BCUT2D eigenvalue weighted by Crippen LogP contribution is -2.02. The fourth-order valence-electron chi connectivity index (χ4n) is 1.15. The molecule has 3 nitrogen and oxygen atoms in total. The summed E-state index contributed by atoms with van der Waals surface area (Å²) in [5, 5.41) is 0. The Morgan fingerprint density at radius 1 is 1.50 bits per heavy atom. The minimum atomic E-state index is 0.0495. The summed E-state index contributed by atoms with van der Waals surface area (Å²) in [6, 6.07) is 3.47. The van der Waals surface area contributed by atoms with Crippen LogP contribution in [0.2, 0.25) is 0 Å². The summed E-state index contributed by atoms with van der Waals surface area (Å²) < 4.78 is 5.45. The van der Waals surface area contributed by atoms with Crippen LogP contribution in [0.25, 0.3) is 0 Å². The molecule has 16 heavy (non-hydrogen) atoms. The molecule has 0 aromatic carbocycles. The summed E-state index contributed by atoms with van der Waals surface area (Å²) in [5.41, 5.74) is 1.58. The fourth-order valence-corrected chi connectivity index (χ4v) is 1.15. The largest absolute Gasteiger partial charge is 0.492 e. The van der Waals surface area contributed by atoms with E-state index in [2.05, 4.69) is 11.6 Å². The van der Waals surface area contributed by atoms with Crippen molar-refractivity contribution >= 4 is 5.78 Å². The second-order valence-electron chi connectivity index (χ2n) is 3.71. The van der Waals surface area contributed by atoms with Gasteiger partial charge in [-0.15, -0.1) is 6.58 Å². The zero-order chi connectivity index (χ0) is 12.0. The van der Waals surface area contributed by atoms with Gasteiger partial charge in [0.2, 0.25) is 0 Å². The average Bonchev–Trinajstić information content (AvgIpc) is 2.28. The number of rotatable bonds is 6. The van der Waals surface area contributed by atoms with Crippen LogP contribution in [0.4, 0.5) is 0 Å². The number of Topliss-reactive ketones (excluding diaryl/α,β-unsaturated/α-hetero) is 1. The predicted molar refractivity (Wildman–Crippen MR) is 63.8 cm³/mol. The van der Waals surface area contributed by atoms with Crippen LogP contribution < -0.4 is 4.74 Å². The van der Waals surface area contributed by atoms with Crippen LogP contribution in [-0.2, 0) is 0 Å². The number of hydrogen-bond acceptors (Lipinski definition) is 3. The van der Waals surface area contributed by atoms with Gasteiger partial charge in [0, 0.05) is 12.8 Å². The molecule has 0 fully saturated rings. The van der Waals surface area contributed by atoms with Gasteiger partial charge in [0.05, 0.1) is 12.8 Å². The van der Waals surface area contributed by atoms with Crippen LogP contribution in [0.15, 0.2) is 30.5 Å². The quantitative estimate of drug-likeness (QED) is 0.545. The van der Waals surface area contributed by atoms with E-state index in [9.17, 15) is 4.79 Å². The third kappa shape index (κ3) is 3.85. The first-order valence-corrected chi connectivity index (χ1v) is 5.40. The zero-order valence-electron chi connectivity index (χ0n) is 9.82. The molecule has 86 valence electrons. The number of carbonyl (C=O) groups excluding carboxylic acids is 1. The summed E-state index contributed by atoms with van der Waals surface area (Å²) in [5.74, 6) is 0.738. The second kappa shape index (κ2) is 6.05. The molecule has 1 aromatic heterocycles. The first-order valence-electron chi connectivity index (χ1n) is 5.40. The number of pyridine rings is 1. The molecule has 0 amide bonds. The van der Waals surface area contributed by atoms with Gasteiger partial charge in [-0.25, -0.2) is 4.98 Å². The van der Waals surface area contributed by atoms with E-state index in [4.69, 9.17) is 4.74 Å². The van der Waals surface area contributed by atoms with Crippen LogP contribution in [0, 0.1) is 0 Å². The van der Waals surface area contributed by atoms with Gasteiger partial charge in [0.1, 0.15) is 11.4 Å². The maximum atomic E-state index is 11.3. The maximum absolute atomic E-state index is 11.3. The number of nitrogens with zero attached hydrogens (tertiary/aromatic N) is 1. The van der Waals surface area contributed by atoms with Gasteiger partial charge in [0.15, 0.2) is 5.78 Å². The molecular formula is C13H17NO2. The Balaban J connectivity index is 2.51. The molecule has 0 N–H and O–H groups in total. The van der Waals surface area contributed by atoms with Crippen molar-refractivity contribution in [2.24, 2.45) is 0 Å². The van der Waals surface area contributed by atoms with E-state index < -0.39 is 0 Å². The van der Waals surface area contributed by atoms with Gasteiger partial charge in [-0.2, -0.15) is 0 Å². The minimum absolute atomic E-state index is 0.0495. The Kier molecular flexibility index (Phi) is 4.70. The number of hydrogen-bond donors (Lipinski definition) is 0. The van der Waals surface area contributed by atoms with Gasteiger partial charge in [-0.05, 0) is 19.1 Å². The normalized spacial score (nSPS) is 9.88. The standard InChI is InChI=1S/C13H17NO2/c1-4-13(15)12-6-5-11(9-14-12)16-8-7-10(2)3/h5-6,9H,2,4,7-8H2,1,3H3. The summed E-state index contributed by atoms with van der Waals surface area (Å²) >= 11 is 0. The topological polar surface area (TPSA) is 39.2 Å². The van der Waals surface area contributed by atoms with Crippen molar-refractivity contribution in [1.29, 1.82) is 0 Å². The summed E-state index contributed by atoms with van der Waals surface area (Å²) in [7, 11) is 0. The Hall–Kier alpha value is -1.64. The van der Waals surface area contributed by atoms with Gasteiger partial charge >= 0.3 is 0 Å². The van der Waals surface area contributed by atoms with E-state index in [0.29, 0.717) is 24.5 Å². The van der Waals surface area contributed by atoms with Crippen molar-refractivity contribution in [2.45, 2.75) is 26.7 Å². The van der Waals surface area contributed by atoms with Gasteiger partial charge in [0.25, 0.3) is 0 Å². The summed E-state index contributed by atoms with van der Waals surface area (Å²) in [4.78, 5) is 15.4. The number of aromatic nitrogens is 1. The van der Waals surface area contributed by atoms with Crippen molar-refractivity contribution in [3.8, 4) is 5.75 Å². The van der Waals surface area contributed by atoms with Crippen molar-refractivity contribution in [2.75, 3.05) is 6.61 Å². The first kappa shape index (κ1) is 12.4. The van der Waals surface area contributed by atoms with E-state index >= 15 is 0 Å². The van der Waals surface area contributed by atoms with E-state index in [0.717, 1.165) is 12.0 Å². The smallest absolute Gasteiger partial charge is 0.180 e. The molecule has 1 rings (SSSR count). The highest BCUT2D eigenvalue weighted by Gasteiger charge is 2.04.